The van der Waals surface area contributed by atoms with Crippen LogP contribution in [-0.4, -0.2) is 37.3 Å². The highest BCUT2D eigenvalue weighted by molar-refractivity contribution is 14.0. The summed E-state index contributed by atoms with van der Waals surface area (Å²) in [5.41, 5.74) is 0.764. The van der Waals surface area contributed by atoms with Crippen LogP contribution in [0.1, 0.15) is 24.3 Å². The molecule has 28 heavy (non-hydrogen) atoms. The van der Waals surface area contributed by atoms with Gasteiger partial charge in [-0.1, -0.05) is 26.0 Å². The lowest BCUT2D eigenvalue weighted by molar-refractivity contribution is -0.154. The quantitative estimate of drug-likeness (QED) is 0.319. The lowest BCUT2D eigenvalue weighted by Crippen LogP contribution is -2.42. The number of rotatable bonds is 7. The van der Waals surface area contributed by atoms with Crippen LogP contribution in [0.2, 0.25) is 0 Å². The molecular weight excluding hydrogens is 504 g/mol. The Morgan fingerprint density at radius 1 is 1.21 bits per heavy atom. The molecule has 0 unspecified atom stereocenters. The summed E-state index contributed by atoms with van der Waals surface area (Å²) in [5.74, 6) is 0.577. The predicted molar refractivity (Wildman–Crippen MR) is 117 cm³/mol. The van der Waals surface area contributed by atoms with Crippen molar-refractivity contribution in [1.29, 1.82) is 0 Å². The molecule has 0 fully saturated rings. The van der Waals surface area contributed by atoms with E-state index in [1.54, 1.807) is 24.5 Å². The van der Waals surface area contributed by atoms with Gasteiger partial charge in [0, 0.05) is 42.7 Å². The first-order valence-electron chi connectivity index (χ1n) is 8.32. The van der Waals surface area contributed by atoms with Crippen molar-refractivity contribution in [3.05, 3.63) is 46.3 Å². The molecule has 0 saturated heterocycles. The second-order valence-corrected chi connectivity index (χ2v) is 7.50. The van der Waals surface area contributed by atoms with Crippen molar-refractivity contribution in [1.82, 2.24) is 15.6 Å². The number of pyridine rings is 1. The molecule has 10 heteroatoms. The zero-order chi connectivity index (χ0) is 19.9. The van der Waals surface area contributed by atoms with Crippen molar-refractivity contribution in [3.8, 4) is 5.88 Å². The van der Waals surface area contributed by atoms with Crippen molar-refractivity contribution in [3.63, 3.8) is 0 Å². The van der Waals surface area contributed by atoms with Crippen LogP contribution in [0.4, 0.5) is 13.2 Å². The average molecular weight is 528 g/mol. The van der Waals surface area contributed by atoms with E-state index in [4.69, 9.17) is 0 Å². The predicted octanol–water partition coefficient (Wildman–Crippen LogP) is 4.35. The van der Waals surface area contributed by atoms with Crippen LogP contribution in [0.15, 0.2) is 40.8 Å². The molecule has 0 amide bonds. The van der Waals surface area contributed by atoms with Gasteiger partial charge in [0.2, 0.25) is 5.88 Å². The van der Waals surface area contributed by atoms with Gasteiger partial charge in [-0.3, -0.25) is 4.99 Å². The van der Waals surface area contributed by atoms with Gasteiger partial charge in [-0.25, -0.2) is 4.98 Å². The van der Waals surface area contributed by atoms with E-state index in [0.29, 0.717) is 19.0 Å². The maximum atomic E-state index is 12.1. The molecule has 2 N–H and O–H groups in total. The van der Waals surface area contributed by atoms with Gasteiger partial charge in [-0.15, -0.1) is 35.3 Å². The van der Waals surface area contributed by atoms with Crippen molar-refractivity contribution >= 4 is 41.3 Å². The number of alkyl halides is 3. The van der Waals surface area contributed by atoms with Gasteiger partial charge in [0.25, 0.3) is 0 Å². The largest absolute Gasteiger partial charge is 0.468 e. The molecule has 2 heterocycles. The number of aromatic nitrogens is 1. The van der Waals surface area contributed by atoms with Crippen LogP contribution >= 0.6 is 35.3 Å². The van der Waals surface area contributed by atoms with Gasteiger partial charge < -0.3 is 15.4 Å². The number of hydrogen-bond acceptors (Lipinski definition) is 4. The molecular formula is C18H24F3IN4OS. The summed E-state index contributed by atoms with van der Waals surface area (Å²) < 4.78 is 41.0. The molecule has 0 aliphatic carbocycles. The van der Waals surface area contributed by atoms with Gasteiger partial charge in [0.15, 0.2) is 12.6 Å². The van der Waals surface area contributed by atoms with Gasteiger partial charge in [-0.2, -0.15) is 13.2 Å². The van der Waals surface area contributed by atoms with E-state index in [-0.39, 0.29) is 35.3 Å². The fourth-order valence-corrected chi connectivity index (χ4v) is 3.07. The van der Waals surface area contributed by atoms with E-state index in [1.807, 2.05) is 6.07 Å². The molecule has 0 atom stereocenters. The Kier molecular flexibility index (Phi) is 9.48. The van der Waals surface area contributed by atoms with Crippen molar-refractivity contribution in [2.75, 3.05) is 20.2 Å². The Balaban J connectivity index is 0.00000392. The Hall–Kier alpha value is -1.56. The maximum absolute atomic E-state index is 12.1. The number of aliphatic imine (C=N–C) groups is 1. The Bertz CT molecular complexity index is 734. The first kappa shape index (κ1) is 24.5. The van der Waals surface area contributed by atoms with Crippen LogP contribution < -0.4 is 15.4 Å². The minimum absolute atomic E-state index is 0. The summed E-state index contributed by atoms with van der Waals surface area (Å²) in [6.07, 6.45) is -2.90. The third-order valence-electron chi connectivity index (χ3n) is 3.75. The average Bonchev–Trinajstić information content (AvgIpc) is 3.16. The molecule has 2 aromatic rings. The highest BCUT2D eigenvalue weighted by atomic mass is 127. The number of halogens is 4. The molecule has 0 saturated carbocycles. The second kappa shape index (κ2) is 10.8. The lowest BCUT2D eigenvalue weighted by Gasteiger charge is -2.25. The highest BCUT2D eigenvalue weighted by Crippen LogP contribution is 2.26. The van der Waals surface area contributed by atoms with Crippen molar-refractivity contribution in [2.24, 2.45) is 4.99 Å². The topological polar surface area (TPSA) is 58.5 Å². The number of guanidine groups is 1. The molecule has 0 aliphatic rings. The Labute approximate surface area is 183 Å². The number of nitrogens with zero attached hydrogens (tertiary/aromatic N) is 2. The van der Waals surface area contributed by atoms with E-state index >= 15 is 0 Å². The van der Waals surface area contributed by atoms with Crippen LogP contribution in [0.5, 0.6) is 5.88 Å². The highest BCUT2D eigenvalue weighted by Gasteiger charge is 2.28. The standard InChI is InChI=1S/C18H23F3N4OS.HI/c1-17(2,14-5-4-8-27-14)11-25-16(22-3)24-10-13-6-7-15(23-9-13)26-12-18(19,20)21;/h4-9H,10-12H2,1-3H3,(H2,22,24,25);1H. The first-order chi connectivity index (χ1) is 12.7. The minimum atomic E-state index is -4.38. The van der Waals surface area contributed by atoms with E-state index in [0.717, 1.165) is 5.56 Å². The summed E-state index contributed by atoms with van der Waals surface area (Å²) in [5, 5.41) is 8.51. The van der Waals surface area contributed by atoms with E-state index < -0.39 is 12.8 Å². The summed E-state index contributed by atoms with van der Waals surface area (Å²) >= 11 is 1.72. The molecule has 2 rings (SSSR count). The number of nitrogens with one attached hydrogen (secondary N) is 2. The van der Waals surface area contributed by atoms with Crippen LogP contribution in [0.25, 0.3) is 0 Å². The summed E-state index contributed by atoms with van der Waals surface area (Å²) in [4.78, 5) is 9.35. The fourth-order valence-electron chi connectivity index (χ4n) is 2.22. The van der Waals surface area contributed by atoms with E-state index in [9.17, 15) is 13.2 Å². The molecule has 0 bridgehead atoms. The zero-order valence-corrected chi connectivity index (χ0v) is 19.0. The first-order valence-corrected chi connectivity index (χ1v) is 9.20. The van der Waals surface area contributed by atoms with Gasteiger partial charge >= 0.3 is 6.18 Å². The monoisotopic (exact) mass is 528 g/mol. The summed E-state index contributed by atoms with van der Waals surface area (Å²) in [7, 11) is 1.68. The van der Waals surface area contributed by atoms with Crippen LogP contribution in [0.3, 0.4) is 0 Å². The Morgan fingerprint density at radius 3 is 2.50 bits per heavy atom. The number of hydrogen-bond donors (Lipinski definition) is 2. The second-order valence-electron chi connectivity index (χ2n) is 6.55. The minimum Gasteiger partial charge on any atom is -0.468 e. The molecule has 0 aromatic carbocycles. The molecule has 2 aromatic heterocycles. The van der Waals surface area contributed by atoms with Gasteiger partial charge in [0.05, 0.1) is 0 Å². The van der Waals surface area contributed by atoms with Gasteiger partial charge in [0.1, 0.15) is 0 Å². The van der Waals surface area contributed by atoms with E-state index in [2.05, 4.69) is 50.6 Å². The number of thiophene rings is 1. The molecule has 0 spiro atoms. The number of ether oxygens (including phenoxy) is 1. The summed E-state index contributed by atoms with van der Waals surface area (Å²) in [6, 6.07) is 7.22. The Morgan fingerprint density at radius 2 is 1.96 bits per heavy atom. The third kappa shape index (κ3) is 8.21. The van der Waals surface area contributed by atoms with Crippen molar-refractivity contribution < 1.29 is 17.9 Å². The van der Waals surface area contributed by atoms with Crippen LogP contribution in [0, 0.1) is 0 Å². The van der Waals surface area contributed by atoms with Crippen molar-refractivity contribution in [2.45, 2.75) is 32.0 Å². The molecule has 5 nitrogen and oxygen atoms in total. The lowest BCUT2D eigenvalue weighted by atomic mass is 9.91. The molecule has 0 aliphatic heterocycles. The fraction of sp³-hybridized carbons (Fsp3) is 0.444. The maximum Gasteiger partial charge on any atom is 0.422 e. The smallest absolute Gasteiger partial charge is 0.422 e. The summed E-state index contributed by atoms with van der Waals surface area (Å²) in [6.45, 7) is 4.10. The van der Waals surface area contributed by atoms with Gasteiger partial charge in [-0.05, 0) is 17.0 Å². The molecule has 156 valence electrons. The zero-order valence-electron chi connectivity index (χ0n) is 15.8. The molecule has 0 radical (unpaired) electrons. The van der Waals surface area contributed by atoms with E-state index in [1.165, 1.54) is 17.1 Å². The third-order valence-corrected chi connectivity index (χ3v) is 4.99. The SMILES string of the molecule is CN=C(NCc1ccc(OCC(F)(F)F)nc1)NCC(C)(C)c1cccs1.I. The normalized spacial score (nSPS) is 12.3. The van der Waals surface area contributed by atoms with Crippen LogP contribution in [-0.2, 0) is 12.0 Å².